The molecule has 3 heteroatoms. The maximum atomic E-state index is 11.9. The standard InChI is InChI=1S/C17H15NO2/c1-13(12-14-8-4-2-5-9-14)16(19)18-17(20)15-10-6-3-7-11-15/h2-11H,1,12H2,(H,18,19,20). The molecule has 2 rings (SSSR count). The van der Waals surface area contributed by atoms with Gasteiger partial charge in [0.15, 0.2) is 0 Å². The van der Waals surface area contributed by atoms with Gasteiger partial charge in [-0.3, -0.25) is 14.9 Å². The second kappa shape index (κ2) is 6.48. The summed E-state index contributed by atoms with van der Waals surface area (Å²) in [6, 6.07) is 18.2. The van der Waals surface area contributed by atoms with Gasteiger partial charge in [-0.15, -0.1) is 0 Å². The van der Waals surface area contributed by atoms with Gasteiger partial charge in [-0.1, -0.05) is 55.1 Å². The molecule has 0 heterocycles. The maximum absolute atomic E-state index is 11.9. The van der Waals surface area contributed by atoms with Gasteiger partial charge in [0.25, 0.3) is 11.8 Å². The van der Waals surface area contributed by atoms with Gasteiger partial charge >= 0.3 is 0 Å². The van der Waals surface area contributed by atoms with E-state index in [0.29, 0.717) is 17.6 Å². The van der Waals surface area contributed by atoms with E-state index < -0.39 is 11.8 Å². The Bertz CT molecular complexity index is 618. The van der Waals surface area contributed by atoms with Crippen molar-refractivity contribution in [3.8, 4) is 0 Å². The summed E-state index contributed by atoms with van der Waals surface area (Å²) in [6.07, 6.45) is 0.425. The van der Waals surface area contributed by atoms with Gasteiger partial charge in [0.1, 0.15) is 0 Å². The van der Waals surface area contributed by atoms with E-state index in [9.17, 15) is 9.59 Å². The summed E-state index contributed by atoms with van der Waals surface area (Å²) in [7, 11) is 0. The third kappa shape index (κ3) is 3.65. The largest absolute Gasteiger partial charge is 0.288 e. The minimum Gasteiger partial charge on any atom is -0.288 e. The Hall–Kier alpha value is -2.68. The van der Waals surface area contributed by atoms with Gasteiger partial charge in [-0.25, -0.2) is 0 Å². The van der Waals surface area contributed by atoms with Crippen LogP contribution in [0.5, 0.6) is 0 Å². The lowest BCUT2D eigenvalue weighted by atomic mass is 10.1. The van der Waals surface area contributed by atoms with Gasteiger partial charge < -0.3 is 0 Å². The van der Waals surface area contributed by atoms with Crippen LogP contribution in [0.15, 0.2) is 72.8 Å². The molecular formula is C17H15NO2. The van der Waals surface area contributed by atoms with Crippen LogP contribution in [0.1, 0.15) is 15.9 Å². The molecule has 2 aromatic carbocycles. The summed E-state index contributed by atoms with van der Waals surface area (Å²) < 4.78 is 0. The summed E-state index contributed by atoms with van der Waals surface area (Å²) >= 11 is 0. The average molecular weight is 265 g/mol. The van der Waals surface area contributed by atoms with Crippen LogP contribution in [0, 0.1) is 0 Å². The molecule has 1 N–H and O–H groups in total. The van der Waals surface area contributed by atoms with E-state index in [4.69, 9.17) is 0 Å². The van der Waals surface area contributed by atoms with Crippen molar-refractivity contribution in [2.45, 2.75) is 6.42 Å². The molecule has 0 bridgehead atoms. The zero-order valence-electron chi connectivity index (χ0n) is 11.0. The second-order valence-electron chi connectivity index (χ2n) is 4.42. The van der Waals surface area contributed by atoms with Crippen molar-refractivity contribution in [1.29, 1.82) is 0 Å². The Balaban J connectivity index is 1.95. The monoisotopic (exact) mass is 265 g/mol. The lowest BCUT2D eigenvalue weighted by molar-refractivity contribution is -0.116. The van der Waals surface area contributed by atoms with Crippen molar-refractivity contribution in [2.75, 3.05) is 0 Å². The van der Waals surface area contributed by atoms with Crippen molar-refractivity contribution in [3.05, 3.63) is 83.9 Å². The van der Waals surface area contributed by atoms with E-state index in [0.717, 1.165) is 5.56 Å². The number of nitrogens with one attached hydrogen (secondary N) is 1. The molecule has 0 atom stereocenters. The first-order valence-electron chi connectivity index (χ1n) is 6.29. The van der Waals surface area contributed by atoms with Crippen molar-refractivity contribution >= 4 is 11.8 Å². The molecule has 2 aromatic rings. The van der Waals surface area contributed by atoms with Crippen LogP contribution in [0.25, 0.3) is 0 Å². The molecule has 2 amide bonds. The van der Waals surface area contributed by atoms with E-state index in [2.05, 4.69) is 11.9 Å². The molecule has 0 saturated heterocycles. The molecule has 0 radical (unpaired) electrons. The van der Waals surface area contributed by atoms with Gasteiger partial charge in [0.05, 0.1) is 0 Å². The molecule has 0 saturated carbocycles. The predicted octanol–water partition coefficient (Wildman–Crippen LogP) is 2.74. The number of amides is 2. The number of carbonyl (C=O) groups is 2. The zero-order chi connectivity index (χ0) is 14.4. The normalized spacial score (nSPS) is 9.80. The Morgan fingerprint density at radius 1 is 0.900 bits per heavy atom. The highest BCUT2D eigenvalue weighted by Crippen LogP contribution is 2.07. The third-order valence-corrected chi connectivity index (χ3v) is 2.84. The van der Waals surface area contributed by atoms with Crippen LogP contribution < -0.4 is 5.32 Å². The topological polar surface area (TPSA) is 46.2 Å². The number of carbonyl (C=O) groups excluding carboxylic acids is 2. The molecule has 0 aliphatic heterocycles. The number of hydrogen-bond acceptors (Lipinski definition) is 2. The fraction of sp³-hybridized carbons (Fsp3) is 0.0588. The Morgan fingerprint density at radius 2 is 1.45 bits per heavy atom. The molecule has 0 spiro atoms. The molecule has 0 aromatic heterocycles. The average Bonchev–Trinajstić information content (AvgIpc) is 2.49. The Labute approximate surface area is 117 Å². The van der Waals surface area contributed by atoms with Crippen molar-refractivity contribution in [1.82, 2.24) is 5.32 Å². The van der Waals surface area contributed by atoms with Crippen molar-refractivity contribution in [3.63, 3.8) is 0 Å². The molecule has 0 aliphatic carbocycles. The fourth-order valence-electron chi connectivity index (χ4n) is 1.78. The van der Waals surface area contributed by atoms with Crippen LogP contribution in [0.2, 0.25) is 0 Å². The summed E-state index contributed by atoms with van der Waals surface area (Å²) in [6.45, 7) is 3.73. The van der Waals surface area contributed by atoms with Crippen LogP contribution in [0.3, 0.4) is 0 Å². The highest BCUT2D eigenvalue weighted by atomic mass is 16.2. The SMILES string of the molecule is C=C(Cc1ccccc1)C(=O)NC(=O)c1ccccc1. The van der Waals surface area contributed by atoms with Crippen LogP contribution in [0.4, 0.5) is 0 Å². The Kier molecular flexibility index (Phi) is 4.45. The van der Waals surface area contributed by atoms with E-state index in [1.807, 2.05) is 36.4 Å². The zero-order valence-corrected chi connectivity index (χ0v) is 11.0. The smallest absolute Gasteiger partial charge is 0.258 e. The molecule has 0 unspecified atom stereocenters. The molecule has 20 heavy (non-hydrogen) atoms. The first kappa shape index (κ1) is 13.7. The lowest BCUT2D eigenvalue weighted by Gasteiger charge is -2.07. The predicted molar refractivity (Wildman–Crippen MR) is 78.2 cm³/mol. The summed E-state index contributed by atoms with van der Waals surface area (Å²) in [4.78, 5) is 23.7. The number of imide groups is 1. The quantitative estimate of drug-likeness (QED) is 0.864. The maximum Gasteiger partial charge on any atom is 0.258 e. The number of benzene rings is 2. The van der Waals surface area contributed by atoms with Gasteiger partial charge in [0, 0.05) is 17.6 Å². The molecule has 3 nitrogen and oxygen atoms in total. The van der Waals surface area contributed by atoms with Gasteiger partial charge in [-0.05, 0) is 17.7 Å². The third-order valence-electron chi connectivity index (χ3n) is 2.84. The first-order chi connectivity index (χ1) is 9.66. The minimum absolute atomic E-state index is 0.362. The van der Waals surface area contributed by atoms with E-state index in [1.165, 1.54) is 0 Å². The van der Waals surface area contributed by atoms with Crippen LogP contribution in [-0.4, -0.2) is 11.8 Å². The summed E-state index contributed by atoms with van der Waals surface area (Å²) in [5.74, 6) is -0.854. The Morgan fingerprint density at radius 3 is 2.05 bits per heavy atom. The van der Waals surface area contributed by atoms with E-state index in [1.54, 1.807) is 24.3 Å². The molecule has 0 aliphatic rings. The molecular weight excluding hydrogens is 250 g/mol. The number of hydrogen-bond donors (Lipinski definition) is 1. The molecule has 100 valence electrons. The second-order valence-corrected chi connectivity index (χ2v) is 4.42. The minimum atomic E-state index is -0.442. The molecule has 0 fully saturated rings. The van der Waals surface area contributed by atoms with Crippen LogP contribution >= 0.6 is 0 Å². The van der Waals surface area contributed by atoms with Crippen molar-refractivity contribution < 1.29 is 9.59 Å². The van der Waals surface area contributed by atoms with Gasteiger partial charge in [0.2, 0.25) is 0 Å². The lowest BCUT2D eigenvalue weighted by Crippen LogP contribution is -2.31. The van der Waals surface area contributed by atoms with Crippen LogP contribution in [-0.2, 0) is 11.2 Å². The van der Waals surface area contributed by atoms with Crippen molar-refractivity contribution in [2.24, 2.45) is 0 Å². The summed E-state index contributed by atoms with van der Waals surface area (Å²) in [5, 5.41) is 2.34. The first-order valence-corrected chi connectivity index (χ1v) is 6.29. The number of rotatable bonds is 4. The summed E-state index contributed by atoms with van der Waals surface area (Å²) in [5.41, 5.74) is 1.80. The highest BCUT2D eigenvalue weighted by Gasteiger charge is 2.12. The van der Waals surface area contributed by atoms with E-state index >= 15 is 0 Å². The van der Waals surface area contributed by atoms with Gasteiger partial charge in [-0.2, -0.15) is 0 Å². The highest BCUT2D eigenvalue weighted by molar-refractivity contribution is 6.09. The van der Waals surface area contributed by atoms with E-state index in [-0.39, 0.29) is 0 Å². The fourth-order valence-corrected chi connectivity index (χ4v) is 1.78.